The highest BCUT2D eigenvalue weighted by molar-refractivity contribution is 7.89. The summed E-state index contributed by atoms with van der Waals surface area (Å²) in [5, 5.41) is 17.7. The van der Waals surface area contributed by atoms with Crippen LogP contribution >= 0.6 is 0 Å². The van der Waals surface area contributed by atoms with Crippen LogP contribution in [0, 0.1) is 0 Å². The largest absolute Gasteiger partial charge is 0.479 e. The van der Waals surface area contributed by atoms with Gasteiger partial charge in [0.05, 0.1) is 12.3 Å². The molecule has 0 heterocycles. The van der Waals surface area contributed by atoms with E-state index in [0.717, 1.165) is 0 Å². The van der Waals surface area contributed by atoms with Crippen molar-refractivity contribution in [2.45, 2.75) is 6.10 Å². The highest BCUT2D eigenvalue weighted by Crippen LogP contribution is 1.87. The van der Waals surface area contributed by atoms with E-state index in [1.54, 1.807) is 0 Å². The van der Waals surface area contributed by atoms with E-state index in [9.17, 15) is 18.0 Å². The minimum absolute atomic E-state index is 0.157. The molecule has 0 aliphatic carbocycles. The molecule has 9 nitrogen and oxygen atoms in total. The van der Waals surface area contributed by atoms with Crippen molar-refractivity contribution in [2.75, 3.05) is 26.0 Å². The molecule has 0 bridgehead atoms. The van der Waals surface area contributed by atoms with Crippen LogP contribution in [-0.4, -0.2) is 57.6 Å². The van der Waals surface area contributed by atoms with Crippen molar-refractivity contribution in [1.82, 2.24) is 10.6 Å². The smallest absolute Gasteiger partial charge is 0.334 e. The van der Waals surface area contributed by atoms with Crippen molar-refractivity contribution >= 4 is 22.0 Å². The molecule has 2 amide bonds. The van der Waals surface area contributed by atoms with Crippen LogP contribution in [0.5, 0.6) is 0 Å². The molecule has 0 aliphatic heterocycles. The van der Waals surface area contributed by atoms with Gasteiger partial charge in [0, 0.05) is 13.7 Å². The second kappa shape index (κ2) is 7.04. The van der Waals surface area contributed by atoms with Crippen molar-refractivity contribution in [2.24, 2.45) is 5.14 Å². The Morgan fingerprint density at radius 3 is 2.41 bits per heavy atom. The quantitative estimate of drug-likeness (QED) is 0.407. The minimum Gasteiger partial charge on any atom is -0.479 e. The van der Waals surface area contributed by atoms with E-state index in [1.165, 1.54) is 7.11 Å². The summed E-state index contributed by atoms with van der Waals surface area (Å²) in [6, 6.07) is -0.697. The topological polar surface area (TPSA) is 148 Å². The van der Waals surface area contributed by atoms with E-state index in [1.807, 2.05) is 0 Å². The standard InChI is InChI=1S/C7H15N3O6S/c1-16-5(6(11)12)4-10-7(13)9-2-3-17(8,14)15/h5H,2-4H2,1H3,(H,11,12)(H2,8,14,15)(H2,9,10,13). The molecule has 0 fully saturated rings. The third kappa shape index (κ3) is 8.42. The summed E-state index contributed by atoms with van der Waals surface area (Å²) in [5.74, 6) is -1.61. The lowest BCUT2D eigenvalue weighted by atomic mass is 10.3. The lowest BCUT2D eigenvalue weighted by molar-refractivity contribution is -0.147. The summed E-state index contributed by atoms with van der Waals surface area (Å²) in [4.78, 5) is 21.6. The van der Waals surface area contributed by atoms with E-state index in [0.29, 0.717) is 0 Å². The van der Waals surface area contributed by atoms with Gasteiger partial charge in [0.15, 0.2) is 6.10 Å². The van der Waals surface area contributed by atoms with Crippen molar-refractivity contribution in [3.05, 3.63) is 0 Å². The zero-order chi connectivity index (χ0) is 13.5. The van der Waals surface area contributed by atoms with Gasteiger partial charge in [-0.2, -0.15) is 0 Å². The number of carbonyl (C=O) groups is 2. The molecule has 100 valence electrons. The second-order valence-corrected chi connectivity index (χ2v) is 4.80. The van der Waals surface area contributed by atoms with Crippen LogP contribution in [0.1, 0.15) is 0 Å². The van der Waals surface area contributed by atoms with E-state index in [2.05, 4.69) is 15.4 Å². The number of aliphatic carboxylic acids is 1. The fourth-order valence-electron chi connectivity index (χ4n) is 0.826. The van der Waals surface area contributed by atoms with Crippen LogP contribution in [0.15, 0.2) is 0 Å². The molecular weight excluding hydrogens is 254 g/mol. The number of carboxylic acids is 1. The molecule has 0 radical (unpaired) electrons. The highest BCUT2D eigenvalue weighted by Gasteiger charge is 2.16. The molecule has 5 N–H and O–H groups in total. The molecule has 0 saturated heterocycles. The fourth-order valence-corrected chi connectivity index (χ4v) is 1.21. The lowest BCUT2D eigenvalue weighted by Gasteiger charge is -2.11. The Kier molecular flexibility index (Phi) is 6.46. The number of sulfonamides is 1. The monoisotopic (exact) mass is 269 g/mol. The number of nitrogens with one attached hydrogen (secondary N) is 2. The molecule has 0 aromatic heterocycles. The number of ether oxygens (including phenoxy) is 1. The molecular formula is C7H15N3O6S. The summed E-state index contributed by atoms with van der Waals surface area (Å²) in [6.45, 7) is -0.386. The van der Waals surface area contributed by atoms with Gasteiger partial charge in [0.1, 0.15) is 0 Å². The average Bonchev–Trinajstić information content (AvgIpc) is 2.16. The van der Waals surface area contributed by atoms with Crippen LogP contribution in [0.25, 0.3) is 0 Å². The molecule has 17 heavy (non-hydrogen) atoms. The van der Waals surface area contributed by atoms with E-state index < -0.39 is 33.9 Å². The number of carbonyl (C=O) groups excluding carboxylic acids is 1. The molecule has 0 spiro atoms. The number of primary sulfonamides is 1. The van der Waals surface area contributed by atoms with E-state index in [-0.39, 0.29) is 13.1 Å². The molecule has 1 atom stereocenters. The van der Waals surface area contributed by atoms with Crippen LogP contribution in [0.2, 0.25) is 0 Å². The maximum absolute atomic E-state index is 11.1. The van der Waals surface area contributed by atoms with Crippen LogP contribution < -0.4 is 15.8 Å². The number of carboxylic acid groups (broad SMARTS) is 1. The molecule has 0 aromatic rings. The number of amides is 2. The van der Waals surface area contributed by atoms with Crippen LogP contribution in [0.4, 0.5) is 4.79 Å². The van der Waals surface area contributed by atoms with Crippen molar-refractivity contribution < 1.29 is 27.9 Å². The highest BCUT2D eigenvalue weighted by atomic mass is 32.2. The van der Waals surface area contributed by atoms with Crippen LogP contribution in [0.3, 0.4) is 0 Å². The van der Waals surface area contributed by atoms with Crippen molar-refractivity contribution in [3.8, 4) is 0 Å². The Labute approximate surface area is 98.4 Å². The SMILES string of the molecule is COC(CNC(=O)NCCS(N)(=O)=O)C(=O)O. The van der Waals surface area contributed by atoms with Crippen molar-refractivity contribution in [3.63, 3.8) is 0 Å². The summed E-state index contributed by atoms with van der Waals surface area (Å²) in [7, 11) is -2.44. The van der Waals surface area contributed by atoms with Gasteiger partial charge in [0.2, 0.25) is 10.0 Å². The molecule has 0 rings (SSSR count). The van der Waals surface area contributed by atoms with Gasteiger partial charge in [-0.15, -0.1) is 0 Å². The second-order valence-electron chi connectivity index (χ2n) is 3.07. The summed E-state index contributed by atoms with van der Waals surface area (Å²) in [5.41, 5.74) is 0. The summed E-state index contributed by atoms with van der Waals surface area (Å²) in [6.07, 6.45) is -1.15. The predicted molar refractivity (Wildman–Crippen MR) is 57.8 cm³/mol. The Morgan fingerprint density at radius 1 is 1.41 bits per heavy atom. The first-order chi connectivity index (χ1) is 7.76. The molecule has 0 aliphatic rings. The van der Waals surface area contributed by atoms with Gasteiger partial charge in [-0.05, 0) is 0 Å². The summed E-state index contributed by atoms with van der Waals surface area (Å²) >= 11 is 0. The van der Waals surface area contributed by atoms with Gasteiger partial charge in [-0.3, -0.25) is 0 Å². The zero-order valence-corrected chi connectivity index (χ0v) is 9.99. The number of urea groups is 1. The van der Waals surface area contributed by atoms with E-state index in [4.69, 9.17) is 10.2 Å². The Balaban J connectivity index is 3.84. The zero-order valence-electron chi connectivity index (χ0n) is 9.17. The maximum Gasteiger partial charge on any atom is 0.334 e. The van der Waals surface area contributed by atoms with Gasteiger partial charge >= 0.3 is 12.0 Å². The molecule has 1 unspecified atom stereocenters. The maximum atomic E-state index is 11.1. The minimum atomic E-state index is -3.63. The van der Waals surface area contributed by atoms with Gasteiger partial charge < -0.3 is 20.5 Å². The molecule has 0 aromatic carbocycles. The molecule has 10 heteroatoms. The summed E-state index contributed by atoms with van der Waals surface area (Å²) < 4.78 is 25.6. The Morgan fingerprint density at radius 2 is 2.00 bits per heavy atom. The van der Waals surface area contributed by atoms with Gasteiger partial charge in [-0.25, -0.2) is 23.1 Å². The predicted octanol–water partition coefficient (Wildman–Crippen LogP) is -2.33. The fraction of sp³-hybridized carbons (Fsp3) is 0.714. The normalized spacial score (nSPS) is 12.8. The number of nitrogens with two attached hydrogens (primary N) is 1. The number of methoxy groups -OCH3 is 1. The van der Waals surface area contributed by atoms with E-state index >= 15 is 0 Å². The van der Waals surface area contributed by atoms with Gasteiger partial charge in [-0.1, -0.05) is 0 Å². The average molecular weight is 269 g/mol. The van der Waals surface area contributed by atoms with Crippen LogP contribution in [-0.2, 0) is 19.6 Å². The Hall–Kier alpha value is -1.39. The number of rotatable bonds is 7. The molecule has 0 saturated carbocycles. The third-order valence-electron chi connectivity index (χ3n) is 1.68. The van der Waals surface area contributed by atoms with Crippen molar-refractivity contribution in [1.29, 1.82) is 0 Å². The third-order valence-corrected chi connectivity index (χ3v) is 2.45. The first kappa shape index (κ1) is 15.6. The Bertz CT molecular complexity index is 368. The lowest BCUT2D eigenvalue weighted by Crippen LogP contribution is -2.44. The first-order valence-electron chi connectivity index (χ1n) is 4.54. The number of hydrogen-bond acceptors (Lipinski definition) is 5. The van der Waals surface area contributed by atoms with Gasteiger partial charge in [0.25, 0.3) is 0 Å². The number of hydrogen-bond donors (Lipinski definition) is 4. The first-order valence-corrected chi connectivity index (χ1v) is 6.25.